The van der Waals surface area contributed by atoms with Crippen LogP contribution in [0, 0.1) is 5.82 Å². The van der Waals surface area contributed by atoms with E-state index in [1.165, 1.54) is 18.9 Å². The van der Waals surface area contributed by atoms with Crippen molar-refractivity contribution in [1.29, 1.82) is 0 Å². The highest BCUT2D eigenvalue weighted by atomic mass is 79.9. The van der Waals surface area contributed by atoms with Gasteiger partial charge in [-0.15, -0.1) is 0 Å². The molecule has 19 heavy (non-hydrogen) atoms. The topological polar surface area (TPSA) is 21.3 Å². The fourth-order valence-corrected chi connectivity index (χ4v) is 3.14. The summed E-state index contributed by atoms with van der Waals surface area (Å²) in [7, 11) is 1.96. The van der Waals surface area contributed by atoms with Gasteiger partial charge >= 0.3 is 0 Å². The van der Waals surface area contributed by atoms with Gasteiger partial charge in [0, 0.05) is 17.1 Å². The quantitative estimate of drug-likeness (QED) is 0.889. The first-order chi connectivity index (χ1) is 9.17. The molecule has 1 heterocycles. The smallest absolute Gasteiger partial charge is 0.124 e. The monoisotopic (exact) mass is 329 g/mol. The molecule has 1 fully saturated rings. The van der Waals surface area contributed by atoms with Gasteiger partial charge in [0.1, 0.15) is 5.82 Å². The molecular formula is C15H21BrFNO. The molecule has 0 amide bonds. The van der Waals surface area contributed by atoms with E-state index in [-0.39, 0.29) is 5.82 Å². The molecule has 2 rings (SSSR count). The summed E-state index contributed by atoms with van der Waals surface area (Å²) < 4.78 is 19.9. The molecule has 1 N–H and O–H groups in total. The van der Waals surface area contributed by atoms with Crippen LogP contribution >= 0.6 is 15.9 Å². The molecule has 2 nitrogen and oxygen atoms in total. The van der Waals surface area contributed by atoms with Crippen LogP contribution in [0.2, 0.25) is 0 Å². The second-order valence-electron chi connectivity index (χ2n) is 5.19. The van der Waals surface area contributed by atoms with Gasteiger partial charge < -0.3 is 10.1 Å². The lowest BCUT2D eigenvalue weighted by atomic mass is 9.97. The number of ether oxygens (including phenoxy) is 1. The number of halogens is 2. The lowest BCUT2D eigenvalue weighted by molar-refractivity contribution is 0.00568. The van der Waals surface area contributed by atoms with Crippen LogP contribution < -0.4 is 5.32 Å². The molecule has 0 saturated carbocycles. The van der Waals surface area contributed by atoms with Crippen molar-refractivity contribution in [3.63, 3.8) is 0 Å². The van der Waals surface area contributed by atoms with Gasteiger partial charge in [0.05, 0.1) is 6.10 Å². The van der Waals surface area contributed by atoms with Gasteiger partial charge in [0.25, 0.3) is 0 Å². The van der Waals surface area contributed by atoms with Crippen molar-refractivity contribution in [1.82, 2.24) is 5.32 Å². The Labute approximate surface area is 122 Å². The summed E-state index contributed by atoms with van der Waals surface area (Å²) in [6.07, 6.45) is 5.75. The highest BCUT2D eigenvalue weighted by Crippen LogP contribution is 2.20. The molecule has 1 aromatic rings. The maximum absolute atomic E-state index is 13.4. The number of hydrogen-bond donors (Lipinski definition) is 1. The zero-order valence-electron chi connectivity index (χ0n) is 11.3. The maximum Gasteiger partial charge on any atom is 0.124 e. The van der Waals surface area contributed by atoms with Crippen molar-refractivity contribution in [3.05, 3.63) is 34.1 Å². The summed E-state index contributed by atoms with van der Waals surface area (Å²) in [5, 5.41) is 3.32. The Balaban J connectivity index is 1.93. The Hall–Kier alpha value is -0.450. The van der Waals surface area contributed by atoms with Crippen molar-refractivity contribution < 1.29 is 9.13 Å². The van der Waals surface area contributed by atoms with E-state index in [0.717, 1.165) is 35.9 Å². The van der Waals surface area contributed by atoms with Crippen LogP contribution in [0.15, 0.2) is 22.7 Å². The Morgan fingerprint density at radius 3 is 2.89 bits per heavy atom. The molecule has 0 spiro atoms. The summed E-state index contributed by atoms with van der Waals surface area (Å²) >= 11 is 3.34. The molecule has 0 aliphatic carbocycles. The standard InChI is InChI=1S/C15H21BrFNO/c1-18-14(10-15-4-2-3-5-19-15)8-11-6-12(16)9-13(17)7-11/h6-7,9,14-15,18H,2-5,8,10H2,1H3. The summed E-state index contributed by atoms with van der Waals surface area (Å²) in [6, 6.07) is 5.41. The number of likely N-dealkylation sites (N-methyl/N-ethyl adjacent to an activating group) is 1. The van der Waals surface area contributed by atoms with E-state index in [4.69, 9.17) is 4.74 Å². The molecule has 1 saturated heterocycles. The van der Waals surface area contributed by atoms with E-state index in [1.54, 1.807) is 6.07 Å². The first-order valence-electron chi connectivity index (χ1n) is 6.91. The molecule has 0 bridgehead atoms. The minimum atomic E-state index is -0.187. The molecule has 2 atom stereocenters. The van der Waals surface area contributed by atoms with Crippen molar-refractivity contribution >= 4 is 15.9 Å². The Morgan fingerprint density at radius 1 is 1.42 bits per heavy atom. The van der Waals surface area contributed by atoms with E-state index >= 15 is 0 Å². The lowest BCUT2D eigenvalue weighted by Gasteiger charge is -2.27. The predicted molar refractivity (Wildman–Crippen MR) is 78.9 cm³/mol. The predicted octanol–water partition coefficient (Wildman–Crippen LogP) is 3.68. The molecule has 1 aliphatic rings. The highest BCUT2D eigenvalue weighted by Gasteiger charge is 2.19. The third kappa shape index (κ3) is 4.86. The molecule has 4 heteroatoms. The van der Waals surface area contributed by atoms with Gasteiger partial charge in [0.2, 0.25) is 0 Å². The molecule has 0 aromatic heterocycles. The van der Waals surface area contributed by atoms with Crippen LogP contribution in [0.3, 0.4) is 0 Å². The van der Waals surface area contributed by atoms with Gasteiger partial charge in [-0.1, -0.05) is 15.9 Å². The summed E-state index contributed by atoms with van der Waals surface area (Å²) in [6.45, 7) is 0.882. The molecule has 2 unspecified atom stereocenters. The van der Waals surface area contributed by atoms with E-state index in [2.05, 4.69) is 21.2 Å². The summed E-state index contributed by atoms with van der Waals surface area (Å²) in [4.78, 5) is 0. The minimum absolute atomic E-state index is 0.187. The summed E-state index contributed by atoms with van der Waals surface area (Å²) in [5.41, 5.74) is 1.02. The van der Waals surface area contributed by atoms with Crippen LogP contribution in [-0.4, -0.2) is 25.8 Å². The second kappa shape index (κ2) is 7.36. The average Bonchev–Trinajstić information content (AvgIpc) is 2.38. The van der Waals surface area contributed by atoms with Gasteiger partial charge in [-0.05, 0) is 62.9 Å². The third-order valence-corrected chi connectivity index (χ3v) is 4.09. The van der Waals surface area contributed by atoms with Crippen LogP contribution in [0.1, 0.15) is 31.2 Å². The van der Waals surface area contributed by atoms with Gasteiger partial charge in [-0.3, -0.25) is 0 Å². The van der Waals surface area contributed by atoms with E-state index in [0.29, 0.717) is 12.1 Å². The number of nitrogens with one attached hydrogen (secondary N) is 1. The lowest BCUT2D eigenvalue weighted by Crippen LogP contribution is -2.34. The second-order valence-corrected chi connectivity index (χ2v) is 6.11. The average molecular weight is 330 g/mol. The van der Waals surface area contributed by atoms with Crippen LogP contribution in [0.25, 0.3) is 0 Å². The van der Waals surface area contributed by atoms with Crippen molar-refractivity contribution in [2.45, 2.75) is 44.2 Å². The minimum Gasteiger partial charge on any atom is -0.378 e. The van der Waals surface area contributed by atoms with Crippen LogP contribution in [0.5, 0.6) is 0 Å². The van der Waals surface area contributed by atoms with Crippen LogP contribution in [0.4, 0.5) is 4.39 Å². The van der Waals surface area contributed by atoms with Gasteiger partial charge in [0.15, 0.2) is 0 Å². The highest BCUT2D eigenvalue weighted by molar-refractivity contribution is 9.10. The fourth-order valence-electron chi connectivity index (χ4n) is 2.63. The zero-order chi connectivity index (χ0) is 13.7. The molecule has 106 valence electrons. The Kier molecular flexibility index (Phi) is 5.79. The Morgan fingerprint density at radius 2 is 2.26 bits per heavy atom. The fraction of sp³-hybridized carbons (Fsp3) is 0.600. The largest absolute Gasteiger partial charge is 0.378 e. The maximum atomic E-state index is 13.4. The number of rotatable bonds is 5. The zero-order valence-corrected chi connectivity index (χ0v) is 12.9. The third-order valence-electron chi connectivity index (χ3n) is 3.63. The SMILES string of the molecule is CNC(Cc1cc(F)cc(Br)c1)CC1CCCCO1. The molecule has 1 aliphatic heterocycles. The first kappa shape index (κ1) is 14.9. The first-order valence-corrected chi connectivity index (χ1v) is 7.70. The molecule has 1 aromatic carbocycles. The van der Waals surface area contributed by atoms with E-state index < -0.39 is 0 Å². The summed E-state index contributed by atoms with van der Waals surface area (Å²) in [5.74, 6) is -0.187. The van der Waals surface area contributed by atoms with Crippen molar-refractivity contribution in [3.8, 4) is 0 Å². The van der Waals surface area contributed by atoms with Crippen LogP contribution in [-0.2, 0) is 11.2 Å². The van der Waals surface area contributed by atoms with Crippen molar-refractivity contribution in [2.75, 3.05) is 13.7 Å². The number of hydrogen-bond acceptors (Lipinski definition) is 2. The van der Waals surface area contributed by atoms with Gasteiger partial charge in [-0.2, -0.15) is 0 Å². The van der Waals surface area contributed by atoms with E-state index in [1.807, 2.05) is 13.1 Å². The molecule has 0 radical (unpaired) electrons. The van der Waals surface area contributed by atoms with E-state index in [9.17, 15) is 4.39 Å². The molecular weight excluding hydrogens is 309 g/mol. The van der Waals surface area contributed by atoms with Crippen molar-refractivity contribution in [2.24, 2.45) is 0 Å². The normalized spacial score (nSPS) is 21.3. The van der Waals surface area contributed by atoms with Gasteiger partial charge in [-0.25, -0.2) is 4.39 Å². The Bertz CT molecular complexity index is 387. The number of benzene rings is 1.